The predicted octanol–water partition coefficient (Wildman–Crippen LogP) is 4.02. The average Bonchev–Trinajstić information content (AvgIpc) is 2.97. The Morgan fingerprint density at radius 3 is 2.81 bits per heavy atom. The number of aryl methyl sites for hydroxylation is 1. The molecule has 3 rings (SSSR count). The number of benzene rings is 1. The zero-order valence-corrected chi connectivity index (χ0v) is 12.7. The molecule has 1 atom stereocenters. The SMILES string of the molecule is Cc1ccccc1C1CCCN1C(=O)c1ccc(Cl)nc1. The molecular weight excluding hydrogens is 284 g/mol. The molecule has 4 heteroatoms. The molecule has 1 unspecified atom stereocenters. The molecule has 1 aliphatic rings. The van der Waals surface area contributed by atoms with Crippen molar-refractivity contribution in [1.29, 1.82) is 0 Å². The van der Waals surface area contributed by atoms with Gasteiger partial charge in [0.1, 0.15) is 5.15 Å². The Morgan fingerprint density at radius 1 is 1.29 bits per heavy atom. The summed E-state index contributed by atoms with van der Waals surface area (Å²) in [6.07, 6.45) is 3.60. The first-order chi connectivity index (χ1) is 10.2. The van der Waals surface area contributed by atoms with Gasteiger partial charge in [-0.1, -0.05) is 35.9 Å². The van der Waals surface area contributed by atoms with Crippen LogP contribution in [0, 0.1) is 6.92 Å². The maximum absolute atomic E-state index is 12.7. The molecule has 0 saturated carbocycles. The molecule has 21 heavy (non-hydrogen) atoms. The van der Waals surface area contributed by atoms with Crippen LogP contribution in [0.15, 0.2) is 42.6 Å². The van der Waals surface area contributed by atoms with E-state index >= 15 is 0 Å². The minimum absolute atomic E-state index is 0.0323. The monoisotopic (exact) mass is 300 g/mol. The van der Waals surface area contributed by atoms with E-state index in [4.69, 9.17) is 11.6 Å². The largest absolute Gasteiger partial charge is 0.332 e. The smallest absolute Gasteiger partial charge is 0.255 e. The third-order valence-corrected chi connectivity index (χ3v) is 4.26. The molecule has 0 radical (unpaired) electrons. The maximum atomic E-state index is 12.7. The van der Waals surface area contributed by atoms with Gasteiger partial charge < -0.3 is 4.90 Å². The summed E-state index contributed by atoms with van der Waals surface area (Å²) < 4.78 is 0. The van der Waals surface area contributed by atoms with E-state index in [0.29, 0.717) is 10.7 Å². The van der Waals surface area contributed by atoms with Crippen LogP contribution in [-0.4, -0.2) is 22.3 Å². The third kappa shape index (κ3) is 2.79. The van der Waals surface area contributed by atoms with Crippen LogP contribution in [0.4, 0.5) is 0 Å². The van der Waals surface area contributed by atoms with Crippen LogP contribution in [-0.2, 0) is 0 Å². The number of aromatic nitrogens is 1. The van der Waals surface area contributed by atoms with Gasteiger partial charge in [-0.2, -0.15) is 0 Å². The van der Waals surface area contributed by atoms with Gasteiger partial charge in [0.15, 0.2) is 0 Å². The molecule has 2 heterocycles. The van der Waals surface area contributed by atoms with E-state index in [-0.39, 0.29) is 11.9 Å². The lowest BCUT2D eigenvalue weighted by Gasteiger charge is -2.26. The zero-order valence-electron chi connectivity index (χ0n) is 11.9. The number of halogens is 1. The van der Waals surface area contributed by atoms with Gasteiger partial charge in [-0.05, 0) is 43.0 Å². The van der Waals surface area contributed by atoms with Crippen LogP contribution in [0.3, 0.4) is 0 Å². The summed E-state index contributed by atoms with van der Waals surface area (Å²) in [6.45, 7) is 2.89. The van der Waals surface area contributed by atoms with Crippen LogP contribution in [0.1, 0.15) is 40.4 Å². The standard InChI is InChI=1S/C17H17ClN2O/c1-12-5-2-3-6-14(12)15-7-4-10-20(15)17(21)13-8-9-16(18)19-11-13/h2-3,5-6,8-9,11,15H,4,7,10H2,1H3. The minimum Gasteiger partial charge on any atom is -0.332 e. The summed E-state index contributed by atoms with van der Waals surface area (Å²) in [5.41, 5.74) is 3.07. The van der Waals surface area contributed by atoms with Crippen molar-refractivity contribution in [3.05, 3.63) is 64.4 Å². The molecule has 0 N–H and O–H groups in total. The Hall–Kier alpha value is -1.87. The Kier molecular flexibility index (Phi) is 3.93. The van der Waals surface area contributed by atoms with Crippen molar-refractivity contribution < 1.29 is 4.79 Å². The number of likely N-dealkylation sites (tertiary alicyclic amines) is 1. The fourth-order valence-electron chi connectivity index (χ4n) is 2.96. The van der Waals surface area contributed by atoms with Crippen LogP contribution in [0.25, 0.3) is 0 Å². The molecule has 2 aromatic rings. The third-order valence-electron chi connectivity index (χ3n) is 4.04. The normalized spacial score (nSPS) is 18.0. The number of amides is 1. The summed E-state index contributed by atoms with van der Waals surface area (Å²) in [5.74, 6) is 0.0323. The fourth-order valence-corrected chi connectivity index (χ4v) is 3.07. The molecular formula is C17H17ClN2O. The molecule has 0 spiro atoms. The van der Waals surface area contributed by atoms with Crippen LogP contribution in [0.5, 0.6) is 0 Å². The second kappa shape index (κ2) is 5.86. The second-order valence-electron chi connectivity index (χ2n) is 5.38. The first-order valence-electron chi connectivity index (χ1n) is 7.15. The quantitative estimate of drug-likeness (QED) is 0.785. The van der Waals surface area contributed by atoms with Crippen molar-refractivity contribution in [2.75, 3.05) is 6.54 Å². The molecule has 0 bridgehead atoms. The van der Waals surface area contributed by atoms with Crippen molar-refractivity contribution in [1.82, 2.24) is 9.88 Å². The first-order valence-corrected chi connectivity index (χ1v) is 7.52. The maximum Gasteiger partial charge on any atom is 0.255 e. The Labute approximate surface area is 129 Å². The van der Waals surface area contributed by atoms with E-state index in [2.05, 4.69) is 24.0 Å². The summed E-state index contributed by atoms with van der Waals surface area (Å²) in [7, 11) is 0. The molecule has 3 nitrogen and oxygen atoms in total. The van der Waals surface area contributed by atoms with Crippen molar-refractivity contribution in [3.8, 4) is 0 Å². The van der Waals surface area contributed by atoms with Gasteiger partial charge in [-0.3, -0.25) is 4.79 Å². The molecule has 108 valence electrons. The number of hydrogen-bond acceptors (Lipinski definition) is 2. The summed E-state index contributed by atoms with van der Waals surface area (Å²) in [5, 5.41) is 0.406. The highest BCUT2D eigenvalue weighted by Gasteiger charge is 2.31. The van der Waals surface area contributed by atoms with Crippen LogP contribution in [0.2, 0.25) is 5.15 Å². The van der Waals surface area contributed by atoms with Gasteiger partial charge in [-0.15, -0.1) is 0 Å². The van der Waals surface area contributed by atoms with Crippen LogP contribution < -0.4 is 0 Å². The van der Waals surface area contributed by atoms with Gasteiger partial charge in [0, 0.05) is 12.7 Å². The van der Waals surface area contributed by atoms with Crippen LogP contribution >= 0.6 is 11.6 Å². The molecule has 1 saturated heterocycles. The molecule has 1 fully saturated rings. The lowest BCUT2D eigenvalue weighted by Crippen LogP contribution is -2.31. The summed E-state index contributed by atoms with van der Waals surface area (Å²) in [4.78, 5) is 18.7. The number of pyridine rings is 1. The highest BCUT2D eigenvalue weighted by atomic mass is 35.5. The van der Waals surface area contributed by atoms with Gasteiger partial charge in [0.2, 0.25) is 0 Å². The van der Waals surface area contributed by atoms with Gasteiger partial charge >= 0.3 is 0 Å². The number of rotatable bonds is 2. The number of nitrogens with zero attached hydrogens (tertiary/aromatic N) is 2. The lowest BCUT2D eigenvalue weighted by atomic mass is 9.99. The Bertz CT molecular complexity index is 654. The van der Waals surface area contributed by atoms with E-state index in [1.165, 1.54) is 11.1 Å². The molecule has 1 amide bonds. The molecule has 1 aliphatic heterocycles. The Morgan fingerprint density at radius 2 is 2.10 bits per heavy atom. The molecule has 0 aliphatic carbocycles. The van der Waals surface area contributed by atoms with E-state index in [0.717, 1.165) is 19.4 Å². The number of carbonyl (C=O) groups excluding carboxylic acids is 1. The van der Waals surface area contributed by atoms with E-state index < -0.39 is 0 Å². The molecule has 1 aromatic carbocycles. The highest BCUT2D eigenvalue weighted by molar-refractivity contribution is 6.29. The second-order valence-corrected chi connectivity index (χ2v) is 5.77. The lowest BCUT2D eigenvalue weighted by molar-refractivity contribution is 0.0735. The zero-order chi connectivity index (χ0) is 14.8. The molecule has 1 aromatic heterocycles. The van der Waals surface area contributed by atoms with E-state index in [1.807, 2.05) is 17.0 Å². The fraction of sp³-hybridized carbons (Fsp3) is 0.294. The van der Waals surface area contributed by atoms with E-state index in [1.54, 1.807) is 18.3 Å². The predicted molar refractivity (Wildman–Crippen MR) is 83.4 cm³/mol. The Balaban J connectivity index is 1.89. The van der Waals surface area contributed by atoms with Gasteiger partial charge in [0.25, 0.3) is 5.91 Å². The van der Waals surface area contributed by atoms with Crippen molar-refractivity contribution in [2.45, 2.75) is 25.8 Å². The number of hydrogen-bond donors (Lipinski definition) is 0. The first kappa shape index (κ1) is 14.1. The average molecular weight is 301 g/mol. The topological polar surface area (TPSA) is 33.2 Å². The number of carbonyl (C=O) groups is 1. The van der Waals surface area contributed by atoms with Crippen molar-refractivity contribution >= 4 is 17.5 Å². The van der Waals surface area contributed by atoms with Gasteiger partial charge in [-0.25, -0.2) is 4.98 Å². The van der Waals surface area contributed by atoms with Gasteiger partial charge in [0.05, 0.1) is 11.6 Å². The summed E-state index contributed by atoms with van der Waals surface area (Å²) >= 11 is 5.79. The highest BCUT2D eigenvalue weighted by Crippen LogP contribution is 2.34. The summed E-state index contributed by atoms with van der Waals surface area (Å²) in [6, 6.07) is 11.8. The van der Waals surface area contributed by atoms with Crippen molar-refractivity contribution in [2.24, 2.45) is 0 Å². The minimum atomic E-state index is 0.0323. The van der Waals surface area contributed by atoms with Crippen molar-refractivity contribution in [3.63, 3.8) is 0 Å². The van der Waals surface area contributed by atoms with E-state index in [9.17, 15) is 4.79 Å².